The predicted molar refractivity (Wildman–Crippen MR) is 55.4 cm³/mol. The standard InChI is InChI=1S/C10H19N3O/c1-7(12)9-4-8-5-10(8)13(9)6-14-3-2-11/h8-10,12H,2-6,11H2,1H3/t8?,9-,10?/m0/s1. The van der Waals surface area contributed by atoms with E-state index < -0.39 is 0 Å². The van der Waals surface area contributed by atoms with Crippen LogP contribution >= 0.6 is 0 Å². The van der Waals surface area contributed by atoms with Crippen LogP contribution in [0.4, 0.5) is 0 Å². The van der Waals surface area contributed by atoms with E-state index in [1.165, 1.54) is 6.42 Å². The molecular weight excluding hydrogens is 178 g/mol. The van der Waals surface area contributed by atoms with Gasteiger partial charge in [0.2, 0.25) is 0 Å². The van der Waals surface area contributed by atoms with E-state index >= 15 is 0 Å². The van der Waals surface area contributed by atoms with Crippen LogP contribution in [0.3, 0.4) is 0 Å². The Labute approximate surface area is 84.9 Å². The summed E-state index contributed by atoms with van der Waals surface area (Å²) < 4.78 is 5.45. The number of hydrogen-bond donors (Lipinski definition) is 2. The number of nitrogens with two attached hydrogens (primary N) is 1. The first-order valence-electron chi connectivity index (χ1n) is 5.32. The summed E-state index contributed by atoms with van der Waals surface area (Å²) in [6.07, 6.45) is 2.46. The maximum absolute atomic E-state index is 7.69. The molecule has 1 saturated heterocycles. The Morgan fingerprint density at radius 1 is 1.57 bits per heavy atom. The summed E-state index contributed by atoms with van der Waals surface area (Å²) >= 11 is 0. The number of likely N-dealkylation sites (tertiary alicyclic amines) is 1. The number of rotatable bonds is 5. The van der Waals surface area contributed by atoms with Crippen LogP contribution in [0.25, 0.3) is 0 Å². The lowest BCUT2D eigenvalue weighted by Crippen LogP contribution is -2.39. The highest BCUT2D eigenvalue weighted by Crippen LogP contribution is 2.47. The molecule has 2 unspecified atom stereocenters. The smallest absolute Gasteiger partial charge is 0.0998 e. The van der Waals surface area contributed by atoms with E-state index in [4.69, 9.17) is 15.9 Å². The maximum Gasteiger partial charge on any atom is 0.0998 e. The molecule has 0 radical (unpaired) electrons. The molecule has 2 aliphatic rings. The minimum atomic E-state index is 0.330. The SMILES string of the molecule is CC(=N)[C@@H]1CC2CC2N1COCCN. The second kappa shape index (κ2) is 3.96. The monoisotopic (exact) mass is 197 g/mol. The lowest BCUT2D eigenvalue weighted by molar-refractivity contribution is 0.0266. The highest BCUT2D eigenvalue weighted by molar-refractivity contribution is 5.84. The maximum atomic E-state index is 7.69. The summed E-state index contributed by atoms with van der Waals surface area (Å²) in [5.41, 5.74) is 6.14. The van der Waals surface area contributed by atoms with Crippen molar-refractivity contribution in [1.82, 2.24) is 4.90 Å². The van der Waals surface area contributed by atoms with Gasteiger partial charge in [-0.3, -0.25) is 4.90 Å². The van der Waals surface area contributed by atoms with Crippen LogP contribution in [-0.4, -0.2) is 42.6 Å². The first-order chi connectivity index (χ1) is 6.74. The lowest BCUT2D eigenvalue weighted by atomic mass is 10.1. The summed E-state index contributed by atoms with van der Waals surface area (Å²) in [6.45, 7) is 3.75. The van der Waals surface area contributed by atoms with E-state index in [1.54, 1.807) is 0 Å². The van der Waals surface area contributed by atoms with E-state index in [-0.39, 0.29) is 0 Å². The average molecular weight is 197 g/mol. The molecular formula is C10H19N3O. The van der Waals surface area contributed by atoms with Crippen molar-refractivity contribution in [3.63, 3.8) is 0 Å². The van der Waals surface area contributed by atoms with Crippen LogP contribution in [0, 0.1) is 11.3 Å². The molecule has 0 aromatic heterocycles. The molecule has 3 atom stereocenters. The third-order valence-corrected chi connectivity index (χ3v) is 3.24. The first kappa shape index (κ1) is 10.1. The second-order valence-corrected chi connectivity index (χ2v) is 4.34. The van der Waals surface area contributed by atoms with Gasteiger partial charge in [-0.05, 0) is 25.7 Å². The van der Waals surface area contributed by atoms with Crippen LogP contribution in [0.2, 0.25) is 0 Å². The summed E-state index contributed by atoms with van der Waals surface area (Å²) in [4.78, 5) is 2.32. The zero-order valence-corrected chi connectivity index (χ0v) is 8.70. The van der Waals surface area contributed by atoms with Crippen LogP contribution in [0.5, 0.6) is 0 Å². The number of fused-ring (bicyclic) bond motifs is 1. The van der Waals surface area contributed by atoms with Gasteiger partial charge in [0.1, 0.15) is 0 Å². The topological polar surface area (TPSA) is 62.3 Å². The van der Waals surface area contributed by atoms with E-state index in [0.717, 1.165) is 18.1 Å². The fourth-order valence-corrected chi connectivity index (χ4v) is 2.41. The Morgan fingerprint density at radius 2 is 2.36 bits per heavy atom. The molecule has 0 aromatic carbocycles. The summed E-state index contributed by atoms with van der Waals surface area (Å²) in [7, 11) is 0. The normalized spacial score (nSPS) is 35.7. The Morgan fingerprint density at radius 3 is 3.00 bits per heavy atom. The second-order valence-electron chi connectivity index (χ2n) is 4.34. The average Bonchev–Trinajstić information content (AvgIpc) is 2.82. The highest BCUT2D eigenvalue weighted by Gasteiger charge is 2.52. The Balaban J connectivity index is 1.84. The summed E-state index contributed by atoms with van der Waals surface area (Å²) in [5.74, 6) is 0.835. The number of nitrogens with zero attached hydrogens (tertiary/aromatic N) is 1. The van der Waals surface area contributed by atoms with Crippen molar-refractivity contribution in [2.75, 3.05) is 19.9 Å². The first-order valence-corrected chi connectivity index (χ1v) is 5.32. The molecule has 1 saturated carbocycles. The molecule has 0 spiro atoms. The molecule has 0 bridgehead atoms. The van der Waals surface area contributed by atoms with E-state index in [1.807, 2.05) is 6.92 Å². The van der Waals surface area contributed by atoms with Crippen LogP contribution in [0.15, 0.2) is 0 Å². The largest absolute Gasteiger partial charge is 0.365 e. The van der Waals surface area contributed by atoms with Gasteiger partial charge in [-0.25, -0.2) is 0 Å². The summed E-state index contributed by atoms with van der Waals surface area (Å²) in [6, 6.07) is 1.02. The molecule has 1 heterocycles. The Kier molecular flexibility index (Phi) is 2.85. The molecule has 80 valence electrons. The predicted octanol–water partition coefficient (Wildman–Crippen LogP) is 0.422. The molecule has 14 heavy (non-hydrogen) atoms. The van der Waals surface area contributed by atoms with Crippen molar-refractivity contribution in [1.29, 1.82) is 5.41 Å². The number of nitrogens with one attached hydrogen (secondary N) is 1. The summed E-state index contributed by atoms with van der Waals surface area (Å²) in [5, 5.41) is 7.69. The van der Waals surface area contributed by atoms with Gasteiger partial charge in [0.15, 0.2) is 0 Å². The molecule has 4 heteroatoms. The Hall–Kier alpha value is -0.450. The van der Waals surface area contributed by atoms with Crippen molar-refractivity contribution in [3.05, 3.63) is 0 Å². The third kappa shape index (κ3) is 1.82. The van der Waals surface area contributed by atoms with Gasteiger partial charge in [0.05, 0.1) is 13.3 Å². The van der Waals surface area contributed by atoms with E-state index in [9.17, 15) is 0 Å². The van der Waals surface area contributed by atoms with Crippen molar-refractivity contribution >= 4 is 5.71 Å². The molecule has 0 amide bonds. The Bertz CT molecular complexity index is 231. The van der Waals surface area contributed by atoms with Crippen molar-refractivity contribution in [3.8, 4) is 0 Å². The number of piperidine rings is 1. The lowest BCUT2D eigenvalue weighted by Gasteiger charge is -2.26. The minimum Gasteiger partial charge on any atom is -0.365 e. The molecule has 4 nitrogen and oxygen atoms in total. The van der Waals surface area contributed by atoms with Gasteiger partial charge in [-0.15, -0.1) is 0 Å². The molecule has 2 fully saturated rings. The van der Waals surface area contributed by atoms with E-state index in [0.29, 0.717) is 32.0 Å². The van der Waals surface area contributed by atoms with Gasteiger partial charge in [0.25, 0.3) is 0 Å². The van der Waals surface area contributed by atoms with Gasteiger partial charge < -0.3 is 15.9 Å². The van der Waals surface area contributed by atoms with Crippen molar-refractivity contribution < 1.29 is 4.74 Å². The zero-order chi connectivity index (χ0) is 10.1. The van der Waals surface area contributed by atoms with Crippen LogP contribution in [-0.2, 0) is 4.74 Å². The minimum absolute atomic E-state index is 0.330. The van der Waals surface area contributed by atoms with Crippen molar-refractivity contribution in [2.45, 2.75) is 31.8 Å². The molecule has 0 aromatic rings. The van der Waals surface area contributed by atoms with Gasteiger partial charge in [-0.1, -0.05) is 0 Å². The van der Waals surface area contributed by atoms with Gasteiger partial charge in [-0.2, -0.15) is 0 Å². The molecule has 3 N–H and O–H groups in total. The molecule has 2 rings (SSSR count). The fraction of sp³-hybridized carbons (Fsp3) is 0.900. The highest BCUT2D eigenvalue weighted by atomic mass is 16.5. The zero-order valence-electron chi connectivity index (χ0n) is 8.70. The quantitative estimate of drug-likeness (QED) is 0.496. The number of hydrogen-bond acceptors (Lipinski definition) is 4. The van der Waals surface area contributed by atoms with Gasteiger partial charge >= 0.3 is 0 Å². The van der Waals surface area contributed by atoms with Crippen molar-refractivity contribution in [2.24, 2.45) is 11.7 Å². The van der Waals surface area contributed by atoms with Crippen LogP contribution < -0.4 is 5.73 Å². The van der Waals surface area contributed by atoms with Gasteiger partial charge in [0, 0.05) is 24.3 Å². The number of ether oxygens (including phenoxy) is 1. The fourth-order valence-electron chi connectivity index (χ4n) is 2.41. The van der Waals surface area contributed by atoms with Crippen LogP contribution in [0.1, 0.15) is 19.8 Å². The van der Waals surface area contributed by atoms with E-state index in [2.05, 4.69) is 4.90 Å². The third-order valence-electron chi connectivity index (χ3n) is 3.24. The molecule has 1 aliphatic carbocycles. The molecule has 1 aliphatic heterocycles.